The van der Waals surface area contributed by atoms with E-state index in [1.807, 2.05) is 31.2 Å². The SMILES string of the molecule is CCC(Nc1ccc(CC(=O)NC)cc1)C(=O)OC. The lowest BCUT2D eigenvalue weighted by molar-refractivity contribution is -0.141. The number of rotatable bonds is 6. The maximum atomic E-state index is 11.5. The second-order valence-electron chi connectivity index (χ2n) is 4.18. The summed E-state index contributed by atoms with van der Waals surface area (Å²) in [4.78, 5) is 22.7. The molecule has 1 amide bonds. The van der Waals surface area contributed by atoms with Crippen LogP contribution in [0.4, 0.5) is 5.69 Å². The summed E-state index contributed by atoms with van der Waals surface area (Å²) >= 11 is 0. The Morgan fingerprint density at radius 1 is 1.26 bits per heavy atom. The van der Waals surface area contributed by atoms with Gasteiger partial charge in [-0.05, 0) is 24.1 Å². The molecule has 1 atom stereocenters. The van der Waals surface area contributed by atoms with Gasteiger partial charge in [-0.2, -0.15) is 0 Å². The zero-order valence-electron chi connectivity index (χ0n) is 11.5. The second kappa shape index (κ2) is 7.41. The fourth-order valence-corrected chi connectivity index (χ4v) is 1.66. The van der Waals surface area contributed by atoms with Crippen molar-refractivity contribution in [3.8, 4) is 0 Å². The predicted octanol–water partition coefficient (Wildman–Crippen LogP) is 1.34. The molecule has 0 aromatic heterocycles. The minimum Gasteiger partial charge on any atom is -0.467 e. The van der Waals surface area contributed by atoms with Gasteiger partial charge in [-0.1, -0.05) is 19.1 Å². The van der Waals surface area contributed by atoms with E-state index in [1.54, 1.807) is 7.05 Å². The van der Waals surface area contributed by atoms with Gasteiger partial charge in [0.25, 0.3) is 0 Å². The number of amides is 1. The second-order valence-corrected chi connectivity index (χ2v) is 4.18. The minimum absolute atomic E-state index is 0.0262. The Hall–Kier alpha value is -2.04. The highest BCUT2D eigenvalue weighted by Crippen LogP contribution is 2.13. The Balaban J connectivity index is 2.65. The van der Waals surface area contributed by atoms with E-state index in [2.05, 4.69) is 10.6 Å². The Bertz CT molecular complexity index is 429. The van der Waals surface area contributed by atoms with E-state index >= 15 is 0 Å². The van der Waals surface area contributed by atoms with Gasteiger partial charge in [-0.25, -0.2) is 4.79 Å². The quantitative estimate of drug-likeness (QED) is 0.761. The largest absolute Gasteiger partial charge is 0.467 e. The summed E-state index contributed by atoms with van der Waals surface area (Å²) in [6.07, 6.45) is 0.998. The average molecular weight is 264 g/mol. The molecule has 1 unspecified atom stereocenters. The molecule has 5 heteroatoms. The van der Waals surface area contributed by atoms with Crippen molar-refractivity contribution in [1.82, 2.24) is 5.32 Å². The lowest BCUT2D eigenvalue weighted by atomic mass is 10.1. The molecule has 0 aliphatic carbocycles. The average Bonchev–Trinajstić information content (AvgIpc) is 2.45. The van der Waals surface area contributed by atoms with Crippen molar-refractivity contribution in [3.05, 3.63) is 29.8 Å². The van der Waals surface area contributed by atoms with Crippen molar-refractivity contribution < 1.29 is 14.3 Å². The van der Waals surface area contributed by atoms with Gasteiger partial charge in [0.05, 0.1) is 13.5 Å². The van der Waals surface area contributed by atoms with Crippen LogP contribution < -0.4 is 10.6 Å². The number of nitrogens with one attached hydrogen (secondary N) is 2. The molecule has 0 aliphatic heterocycles. The number of benzene rings is 1. The van der Waals surface area contributed by atoms with Gasteiger partial charge in [0.2, 0.25) is 5.91 Å². The lowest BCUT2D eigenvalue weighted by Crippen LogP contribution is -2.29. The molecule has 0 spiro atoms. The normalized spacial score (nSPS) is 11.5. The molecule has 1 rings (SSSR count). The van der Waals surface area contributed by atoms with E-state index in [0.717, 1.165) is 11.3 Å². The van der Waals surface area contributed by atoms with E-state index in [4.69, 9.17) is 4.74 Å². The molecular formula is C14H20N2O3. The Labute approximate surface area is 113 Å². The van der Waals surface area contributed by atoms with E-state index in [9.17, 15) is 9.59 Å². The van der Waals surface area contributed by atoms with Gasteiger partial charge in [0, 0.05) is 12.7 Å². The van der Waals surface area contributed by atoms with Gasteiger partial charge >= 0.3 is 5.97 Å². The Kier molecular flexibility index (Phi) is 5.85. The first-order valence-electron chi connectivity index (χ1n) is 6.24. The summed E-state index contributed by atoms with van der Waals surface area (Å²) in [7, 11) is 2.99. The first-order chi connectivity index (χ1) is 9.10. The maximum absolute atomic E-state index is 11.5. The van der Waals surface area contributed by atoms with E-state index < -0.39 is 0 Å². The zero-order valence-corrected chi connectivity index (χ0v) is 11.5. The number of hydrogen-bond acceptors (Lipinski definition) is 4. The summed E-state index contributed by atoms with van der Waals surface area (Å²) < 4.78 is 4.71. The molecule has 0 radical (unpaired) electrons. The molecule has 0 bridgehead atoms. The van der Waals surface area contributed by atoms with Crippen LogP contribution in [0.25, 0.3) is 0 Å². The number of likely N-dealkylation sites (N-methyl/N-ethyl adjacent to an activating group) is 1. The molecule has 0 heterocycles. The third-order valence-electron chi connectivity index (χ3n) is 2.83. The third-order valence-corrected chi connectivity index (χ3v) is 2.83. The first-order valence-corrected chi connectivity index (χ1v) is 6.24. The van der Waals surface area contributed by atoms with Gasteiger partial charge in [0.15, 0.2) is 0 Å². The molecule has 2 N–H and O–H groups in total. The number of ether oxygens (including phenoxy) is 1. The van der Waals surface area contributed by atoms with Crippen LogP contribution in [-0.2, 0) is 20.7 Å². The molecule has 0 fully saturated rings. The van der Waals surface area contributed by atoms with Crippen molar-refractivity contribution in [3.63, 3.8) is 0 Å². The number of carbonyl (C=O) groups excluding carboxylic acids is 2. The van der Waals surface area contributed by atoms with Crippen LogP contribution in [0.15, 0.2) is 24.3 Å². The predicted molar refractivity (Wildman–Crippen MR) is 73.9 cm³/mol. The molecule has 19 heavy (non-hydrogen) atoms. The van der Waals surface area contributed by atoms with E-state index in [1.165, 1.54) is 7.11 Å². The Morgan fingerprint density at radius 3 is 2.37 bits per heavy atom. The lowest BCUT2D eigenvalue weighted by Gasteiger charge is -2.15. The number of anilines is 1. The molecule has 104 valence electrons. The summed E-state index contributed by atoms with van der Waals surface area (Å²) in [5, 5.41) is 5.67. The van der Waals surface area contributed by atoms with Crippen molar-refractivity contribution in [1.29, 1.82) is 0 Å². The molecule has 5 nitrogen and oxygen atoms in total. The standard InChI is InChI=1S/C14H20N2O3/c1-4-12(14(18)19-3)16-11-7-5-10(6-8-11)9-13(17)15-2/h5-8,12,16H,4,9H2,1-3H3,(H,15,17). The maximum Gasteiger partial charge on any atom is 0.328 e. The van der Waals surface area contributed by atoms with Crippen molar-refractivity contribution in [2.45, 2.75) is 25.8 Å². The van der Waals surface area contributed by atoms with Crippen LogP contribution in [0.1, 0.15) is 18.9 Å². The monoisotopic (exact) mass is 264 g/mol. The van der Waals surface area contributed by atoms with Crippen molar-refractivity contribution >= 4 is 17.6 Å². The highest BCUT2D eigenvalue weighted by molar-refractivity contribution is 5.79. The van der Waals surface area contributed by atoms with Crippen LogP contribution in [0, 0.1) is 0 Å². The molecule has 1 aromatic rings. The fraction of sp³-hybridized carbons (Fsp3) is 0.429. The first kappa shape index (κ1) is 15.0. The van der Waals surface area contributed by atoms with Crippen LogP contribution in [0.5, 0.6) is 0 Å². The highest BCUT2D eigenvalue weighted by atomic mass is 16.5. The van der Waals surface area contributed by atoms with Crippen molar-refractivity contribution in [2.24, 2.45) is 0 Å². The van der Waals surface area contributed by atoms with Crippen LogP contribution in [0.2, 0.25) is 0 Å². The van der Waals surface area contributed by atoms with Crippen LogP contribution >= 0.6 is 0 Å². The van der Waals surface area contributed by atoms with Crippen molar-refractivity contribution in [2.75, 3.05) is 19.5 Å². The Morgan fingerprint density at radius 2 is 1.89 bits per heavy atom. The van der Waals surface area contributed by atoms with Gasteiger partial charge in [0.1, 0.15) is 6.04 Å². The van der Waals surface area contributed by atoms with Gasteiger partial charge < -0.3 is 15.4 Å². The topological polar surface area (TPSA) is 67.4 Å². The highest BCUT2D eigenvalue weighted by Gasteiger charge is 2.16. The number of methoxy groups -OCH3 is 1. The molecular weight excluding hydrogens is 244 g/mol. The zero-order chi connectivity index (χ0) is 14.3. The smallest absolute Gasteiger partial charge is 0.328 e. The summed E-state index contributed by atoms with van der Waals surface area (Å²) in [6.45, 7) is 1.91. The van der Waals surface area contributed by atoms with Crippen LogP contribution in [-0.4, -0.2) is 32.1 Å². The summed E-state index contributed by atoms with van der Waals surface area (Å²) in [5.74, 6) is -0.307. The molecule has 0 saturated carbocycles. The van der Waals surface area contributed by atoms with Crippen LogP contribution in [0.3, 0.4) is 0 Å². The third kappa shape index (κ3) is 4.62. The minimum atomic E-state index is -0.352. The molecule has 1 aromatic carbocycles. The fourth-order valence-electron chi connectivity index (χ4n) is 1.66. The summed E-state index contributed by atoms with van der Waals surface area (Å²) in [5.41, 5.74) is 1.76. The molecule has 0 saturated heterocycles. The number of hydrogen-bond donors (Lipinski definition) is 2. The summed E-state index contributed by atoms with van der Waals surface area (Å²) in [6, 6.07) is 7.08. The number of esters is 1. The van der Waals surface area contributed by atoms with Gasteiger partial charge in [-0.3, -0.25) is 4.79 Å². The van der Waals surface area contributed by atoms with Gasteiger partial charge in [-0.15, -0.1) is 0 Å². The number of carbonyl (C=O) groups is 2. The van der Waals surface area contributed by atoms with E-state index in [-0.39, 0.29) is 17.9 Å². The molecule has 0 aliphatic rings. The van der Waals surface area contributed by atoms with E-state index in [0.29, 0.717) is 12.8 Å².